The van der Waals surface area contributed by atoms with Crippen molar-refractivity contribution < 1.29 is 9.53 Å². The van der Waals surface area contributed by atoms with Gasteiger partial charge in [0, 0.05) is 38.0 Å². The molecule has 0 bridgehead atoms. The highest BCUT2D eigenvalue weighted by Gasteiger charge is 2.44. The number of nitrogens with zero attached hydrogens (tertiary/aromatic N) is 3. The van der Waals surface area contributed by atoms with Gasteiger partial charge in [-0.2, -0.15) is 0 Å². The third-order valence-corrected chi connectivity index (χ3v) is 5.20. The minimum atomic E-state index is 0.00628. The van der Waals surface area contributed by atoms with Crippen molar-refractivity contribution in [2.24, 2.45) is 11.3 Å². The first-order chi connectivity index (χ1) is 11.1. The van der Waals surface area contributed by atoms with Crippen LogP contribution in [-0.2, 0) is 9.53 Å². The van der Waals surface area contributed by atoms with Crippen LogP contribution in [-0.4, -0.2) is 48.2 Å². The van der Waals surface area contributed by atoms with Gasteiger partial charge in [-0.3, -0.25) is 4.79 Å². The lowest BCUT2D eigenvalue weighted by atomic mass is 9.69. The van der Waals surface area contributed by atoms with E-state index in [0.717, 1.165) is 44.9 Å². The Morgan fingerprint density at radius 2 is 2.00 bits per heavy atom. The van der Waals surface area contributed by atoms with Crippen molar-refractivity contribution in [2.75, 3.05) is 31.2 Å². The summed E-state index contributed by atoms with van der Waals surface area (Å²) in [5.74, 6) is 0.928. The molecule has 1 N–H and O–H groups in total. The minimum absolute atomic E-state index is 0.00628. The molecule has 2 aliphatic heterocycles. The molecule has 2 aliphatic rings. The maximum Gasteiger partial charge on any atom is 0.225 e. The molecule has 6 nitrogen and oxygen atoms in total. The Morgan fingerprint density at radius 1 is 1.30 bits per heavy atom. The molecule has 0 unspecified atom stereocenters. The van der Waals surface area contributed by atoms with E-state index >= 15 is 0 Å². The van der Waals surface area contributed by atoms with E-state index < -0.39 is 0 Å². The average molecular weight is 318 g/mol. The van der Waals surface area contributed by atoms with Crippen LogP contribution in [0.5, 0.6) is 0 Å². The van der Waals surface area contributed by atoms with Gasteiger partial charge in [-0.1, -0.05) is 13.8 Å². The molecule has 23 heavy (non-hydrogen) atoms. The molecule has 2 saturated heterocycles. The lowest BCUT2D eigenvalue weighted by molar-refractivity contribution is -0.128. The minimum Gasteiger partial charge on any atom is -0.379 e. The van der Waals surface area contributed by atoms with Crippen molar-refractivity contribution in [3.05, 3.63) is 18.5 Å². The van der Waals surface area contributed by atoms with Crippen LogP contribution in [0.1, 0.15) is 33.1 Å². The largest absolute Gasteiger partial charge is 0.379 e. The van der Waals surface area contributed by atoms with E-state index in [1.165, 1.54) is 0 Å². The van der Waals surface area contributed by atoms with Crippen LogP contribution in [0.25, 0.3) is 0 Å². The summed E-state index contributed by atoms with van der Waals surface area (Å²) in [6.45, 7) is 7.13. The zero-order chi connectivity index (χ0) is 16.3. The van der Waals surface area contributed by atoms with Crippen LogP contribution in [0.15, 0.2) is 18.5 Å². The lowest BCUT2D eigenvalue weighted by Crippen LogP contribution is -2.58. The first-order valence-electron chi connectivity index (χ1n) is 8.51. The number of ether oxygens (including phenoxy) is 1. The highest BCUT2D eigenvalue weighted by molar-refractivity contribution is 5.78. The molecule has 3 heterocycles. The average Bonchev–Trinajstić information content (AvgIpc) is 2.58. The molecule has 0 saturated carbocycles. The number of hydrogen-bond donors (Lipinski definition) is 1. The maximum absolute atomic E-state index is 12.1. The molecular weight excluding hydrogens is 292 g/mol. The van der Waals surface area contributed by atoms with Gasteiger partial charge in [-0.05, 0) is 30.7 Å². The quantitative estimate of drug-likeness (QED) is 0.917. The van der Waals surface area contributed by atoms with Crippen LogP contribution >= 0.6 is 0 Å². The first-order valence-corrected chi connectivity index (χ1v) is 8.51. The summed E-state index contributed by atoms with van der Waals surface area (Å²) in [5, 5.41) is 3.22. The van der Waals surface area contributed by atoms with Gasteiger partial charge in [-0.25, -0.2) is 9.97 Å². The molecule has 0 aliphatic carbocycles. The van der Waals surface area contributed by atoms with Crippen molar-refractivity contribution in [1.29, 1.82) is 0 Å². The Bertz CT molecular complexity index is 527. The van der Waals surface area contributed by atoms with E-state index in [1.807, 2.05) is 19.9 Å². The number of rotatable bonds is 3. The van der Waals surface area contributed by atoms with Crippen LogP contribution in [0.3, 0.4) is 0 Å². The third-order valence-electron chi connectivity index (χ3n) is 5.20. The van der Waals surface area contributed by atoms with Crippen LogP contribution in [0.2, 0.25) is 0 Å². The maximum atomic E-state index is 12.1. The fraction of sp³-hybridized carbons (Fsp3) is 0.706. The molecule has 1 atom stereocenters. The molecule has 1 aromatic heterocycles. The zero-order valence-electron chi connectivity index (χ0n) is 14.0. The summed E-state index contributed by atoms with van der Waals surface area (Å²) >= 11 is 0. The number of hydrogen-bond acceptors (Lipinski definition) is 5. The third kappa shape index (κ3) is 3.47. The van der Waals surface area contributed by atoms with Gasteiger partial charge >= 0.3 is 0 Å². The lowest BCUT2D eigenvalue weighted by Gasteiger charge is -2.49. The van der Waals surface area contributed by atoms with Crippen LogP contribution in [0, 0.1) is 11.3 Å². The van der Waals surface area contributed by atoms with Crippen molar-refractivity contribution in [3.8, 4) is 0 Å². The van der Waals surface area contributed by atoms with Gasteiger partial charge < -0.3 is 15.0 Å². The van der Waals surface area contributed by atoms with Gasteiger partial charge in [-0.15, -0.1) is 0 Å². The molecule has 3 rings (SSSR count). The molecule has 0 radical (unpaired) electrons. The summed E-state index contributed by atoms with van der Waals surface area (Å²) in [6.07, 6.45) is 6.66. The fourth-order valence-electron chi connectivity index (χ4n) is 3.57. The van der Waals surface area contributed by atoms with Gasteiger partial charge in [0.25, 0.3) is 0 Å². The Kier molecular flexibility index (Phi) is 4.80. The highest BCUT2D eigenvalue weighted by atomic mass is 16.5. The summed E-state index contributed by atoms with van der Waals surface area (Å²) in [5.41, 5.74) is 0.147. The summed E-state index contributed by atoms with van der Waals surface area (Å²) < 4.78 is 5.65. The molecule has 0 aromatic carbocycles. The summed E-state index contributed by atoms with van der Waals surface area (Å²) in [7, 11) is 0. The van der Waals surface area contributed by atoms with Crippen molar-refractivity contribution in [3.63, 3.8) is 0 Å². The molecule has 1 spiro atoms. The van der Waals surface area contributed by atoms with E-state index in [2.05, 4.69) is 20.2 Å². The molecular formula is C17H26N4O2. The Hall–Kier alpha value is -1.69. The Morgan fingerprint density at radius 3 is 2.65 bits per heavy atom. The smallest absolute Gasteiger partial charge is 0.225 e. The topological polar surface area (TPSA) is 67.3 Å². The SMILES string of the molecule is CC(C)C(=O)N[C@@H]1COCCC12CCN(c1ncccn1)CC2. The molecule has 126 valence electrons. The first kappa shape index (κ1) is 16.2. The van der Waals surface area contributed by atoms with E-state index in [1.54, 1.807) is 12.4 Å². The molecule has 2 fully saturated rings. The number of carbonyl (C=O) groups is 1. The van der Waals surface area contributed by atoms with E-state index in [4.69, 9.17) is 4.74 Å². The van der Waals surface area contributed by atoms with Crippen LogP contribution < -0.4 is 10.2 Å². The zero-order valence-corrected chi connectivity index (χ0v) is 14.0. The normalized spacial score (nSPS) is 24.0. The van der Waals surface area contributed by atoms with E-state index in [0.29, 0.717) is 6.61 Å². The molecule has 1 amide bonds. The van der Waals surface area contributed by atoms with Crippen molar-refractivity contribution in [1.82, 2.24) is 15.3 Å². The summed E-state index contributed by atoms with van der Waals surface area (Å²) in [4.78, 5) is 23.1. The highest BCUT2D eigenvalue weighted by Crippen LogP contribution is 2.41. The standard InChI is InChI=1S/C17H26N4O2/c1-13(2)15(22)20-14-12-23-11-6-17(14)4-9-21(10-5-17)16-18-7-3-8-19-16/h3,7-8,13-14H,4-6,9-12H2,1-2H3,(H,20,22)/t14-/m1/s1. The van der Waals surface area contributed by atoms with Gasteiger partial charge in [0.15, 0.2) is 0 Å². The van der Waals surface area contributed by atoms with Gasteiger partial charge in [0.1, 0.15) is 0 Å². The molecule has 6 heteroatoms. The van der Waals surface area contributed by atoms with Gasteiger partial charge in [0.05, 0.1) is 12.6 Å². The number of aromatic nitrogens is 2. The number of piperidine rings is 1. The number of amides is 1. The second-order valence-electron chi connectivity index (χ2n) is 6.94. The van der Waals surface area contributed by atoms with Gasteiger partial charge in [0.2, 0.25) is 11.9 Å². The Labute approximate surface area is 137 Å². The van der Waals surface area contributed by atoms with E-state index in [9.17, 15) is 4.79 Å². The Balaban J connectivity index is 1.67. The predicted molar refractivity (Wildman–Crippen MR) is 88.1 cm³/mol. The summed E-state index contributed by atoms with van der Waals surface area (Å²) in [6, 6.07) is 1.95. The predicted octanol–water partition coefficient (Wildman–Crippen LogP) is 1.62. The second-order valence-corrected chi connectivity index (χ2v) is 6.94. The fourth-order valence-corrected chi connectivity index (χ4v) is 3.57. The number of nitrogens with one attached hydrogen (secondary N) is 1. The van der Waals surface area contributed by atoms with Crippen molar-refractivity contribution >= 4 is 11.9 Å². The van der Waals surface area contributed by atoms with Crippen molar-refractivity contribution in [2.45, 2.75) is 39.2 Å². The number of anilines is 1. The monoisotopic (exact) mass is 318 g/mol. The second kappa shape index (κ2) is 6.83. The van der Waals surface area contributed by atoms with E-state index in [-0.39, 0.29) is 23.3 Å². The van der Waals surface area contributed by atoms with Crippen LogP contribution in [0.4, 0.5) is 5.95 Å². The molecule has 1 aromatic rings. The number of carbonyl (C=O) groups excluding carboxylic acids is 1.